The Morgan fingerprint density at radius 3 is 2.23 bits per heavy atom. The van der Waals surface area contributed by atoms with Crippen LogP contribution in [0.5, 0.6) is 11.5 Å². The monoisotopic (exact) mass is 370 g/mol. The summed E-state index contributed by atoms with van der Waals surface area (Å²) in [5, 5.41) is 8.90. The highest BCUT2D eigenvalue weighted by Crippen LogP contribution is 2.30. The van der Waals surface area contributed by atoms with E-state index in [1.807, 2.05) is 41.1 Å². The smallest absolute Gasteiger partial charge is 0.201 e. The maximum Gasteiger partial charge on any atom is 0.201 e. The molecule has 0 aliphatic heterocycles. The molecule has 0 saturated heterocycles. The van der Waals surface area contributed by atoms with Crippen LogP contribution in [0.1, 0.15) is 11.1 Å². The lowest BCUT2D eigenvalue weighted by Crippen LogP contribution is -2.06. The van der Waals surface area contributed by atoms with Crippen molar-refractivity contribution in [2.24, 2.45) is 0 Å². The topological polar surface area (TPSA) is 86.1 Å². The summed E-state index contributed by atoms with van der Waals surface area (Å²) in [6, 6.07) is 15.0. The Balaban J connectivity index is 0.00000243. The minimum absolute atomic E-state index is 0. The lowest BCUT2D eigenvalue weighted by molar-refractivity contribution is 0.383. The van der Waals surface area contributed by atoms with E-state index in [1.165, 1.54) is 0 Å². The molecule has 0 spiro atoms. The van der Waals surface area contributed by atoms with Gasteiger partial charge in [-0.15, -0.1) is 12.4 Å². The standard InChI is InChI=1S/C19H18N4O2.ClH/c1-24-17-4-3-5-18(25-2)15(17)11-23-12-16(22-19(23)21)14-8-6-13(10-20)7-9-14;/h3-9,12H,11H2,1-2H3,(H2,21,22);1H. The van der Waals surface area contributed by atoms with Crippen LogP contribution >= 0.6 is 12.4 Å². The van der Waals surface area contributed by atoms with Crippen molar-refractivity contribution in [3.63, 3.8) is 0 Å². The fourth-order valence-corrected chi connectivity index (χ4v) is 2.67. The third kappa shape index (κ3) is 3.73. The van der Waals surface area contributed by atoms with E-state index in [0.717, 1.165) is 28.3 Å². The number of hydrogen-bond donors (Lipinski definition) is 1. The van der Waals surface area contributed by atoms with Crippen molar-refractivity contribution in [1.29, 1.82) is 5.26 Å². The van der Waals surface area contributed by atoms with Crippen LogP contribution in [0.25, 0.3) is 11.3 Å². The quantitative estimate of drug-likeness (QED) is 0.742. The van der Waals surface area contributed by atoms with Gasteiger partial charge in [0.1, 0.15) is 11.5 Å². The molecule has 3 rings (SSSR count). The molecule has 2 aromatic carbocycles. The number of nitrogens with two attached hydrogens (primary N) is 1. The average Bonchev–Trinajstić information content (AvgIpc) is 3.02. The minimum atomic E-state index is 0. The molecule has 6 nitrogen and oxygen atoms in total. The highest BCUT2D eigenvalue weighted by Gasteiger charge is 2.14. The zero-order chi connectivity index (χ0) is 17.8. The van der Waals surface area contributed by atoms with Crippen LogP contribution in [-0.4, -0.2) is 23.8 Å². The summed E-state index contributed by atoms with van der Waals surface area (Å²) >= 11 is 0. The van der Waals surface area contributed by atoms with Gasteiger partial charge >= 0.3 is 0 Å². The van der Waals surface area contributed by atoms with Gasteiger partial charge < -0.3 is 19.8 Å². The van der Waals surface area contributed by atoms with Crippen molar-refractivity contribution < 1.29 is 9.47 Å². The summed E-state index contributed by atoms with van der Waals surface area (Å²) in [5.41, 5.74) is 9.23. The molecule has 134 valence electrons. The van der Waals surface area contributed by atoms with Gasteiger partial charge in [-0.3, -0.25) is 0 Å². The van der Waals surface area contributed by atoms with Crippen LogP contribution in [-0.2, 0) is 6.54 Å². The summed E-state index contributed by atoms with van der Waals surface area (Å²) in [4.78, 5) is 4.42. The first-order chi connectivity index (χ1) is 12.2. The third-order valence-corrected chi connectivity index (χ3v) is 3.98. The summed E-state index contributed by atoms with van der Waals surface area (Å²) in [6.45, 7) is 0.475. The van der Waals surface area contributed by atoms with Crippen LogP contribution in [0.15, 0.2) is 48.7 Å². The SMILES string of the molecule is COc1cccc(OC)c1Cn1cc(-c2ccc(C#N)cc2)nc1N.Cl. The van der Waals surface area contributed by atoms with Crippen molar-refractivity contribution in [2.45, 2.75) is 6.54 Å². The van der Waals surface area contributed by atoms with Crippen LogP contribution < -0.4 is 15.2 Å². The molecule has 1 aromatic heterocycles. The summed E-state index contributed by atoms with van der Waals surface area (Å²) < 4.78 is 12.7. The van der Waals surface area contributed by atoms with Gasteiger partial charge in [0.05, 0.1) is 43.7 Å². The fourth-order valence-electron chi connectivity index (χ4n) is 2.67. The first kappa shape index (κ1) is 19.2. The Morgan fingerprint density at radius 2 is 1.69 bits per heavy atom. The third-order valence-electron chi connectivity index (χ3n) is 3.98. The summed E-state index contributed by atoms with van der Waals surface area (Å²) in [6.07, 6.45) is 1.88. The van der Waals surface area contributed by atoms with E-state index in [0.29, 0.717) is 18.1 Å². The van der Waals surface area contributed by atoms with E-state index in [9.17, 15) is 0 Å². The van der Waals surface area contributed by atoms with E-state index < -0.39 is 0 Å². The second-order valence-electron chi connectivity index (χ2n) is 5.44. The Labute approximate surface area is 158 Å². The van der Waals surface area contributed by atoms with Crippen molar-refractivity contribution >= 4 is 18.4 Å². The predicted molar refractivity (Wildman–Crippen MR) is 103 cm³/mol. The second kappa shape index (κ2) is 8.28. The molecule has 0 aliphatic rings. The Kier molecular flexibility index (Phi) is 6.10. The fraction of sp³-hybridized carbons (Fsp3) is 0.158. The van der Waals surface area contributed by atoms with Crippen molar-refractivity contribution in [3.8, 4) is 28.8 Å². The summed E-state index contributed by atoms with van der Waals surface area (Å²) in [7, 11) is 3.25. The molecule has 7 heteroatoms. The predicted octanol–water partition coefficient (Wildman–Crippen LogP) is 3.49. The Bertz CT molecular complexity index is 907. The lowest BCUT2D eigenvalue weighted by Gasteiger charge is -2.13. The molecule has 1 heterocycles. The second-order valence-corrected chi connectivity index (χ2v) is 5.44. The van der Waals surface area contributed by atoms with Gasteiger partial charge in [-0.25, -0.2) is 4.98 Å². The number of nitrogen functional groups attached to an aromatic ring is 1. The molecule has 0 bridgehead atoms. The largest absolute Gasteiger partial charge is 0.496 e. The number of hydrogen-bond acceptors (Lipinski definition) is 5. The number of imidazole rings is 1. The molecule has 0 unspecified atom stereocenters. The van der Waals surface area contributed by atoms with E-state index >= 15 is 0 Å². The highest BCUT2D eigenvalue weighted by molar-refractivity contribution is 5.85. The Morgan fingerprint density at radius 1 is 1.08 bits per heavy atom. The number of nitriles is 1. The zero-order valence-electron chi connectivity index (χ0n) is 14.5. The summed E-state index contributed by atoms with van der Waals surface area (Å²) in [5.74, 6) is 1.85. The molecule has 0 radical (unpaired) electrons. The molecule has 3 aromatic rings. The van der Waals surface area contributed by atoms with Gasteiger partial charge in [-0.05, 0) is 24.3 Å². The number of rotatable bonds is 5. The number of benzene rings is 2. The molecule has 2 N–H and O–H groups in total. The van der Waals surface area contributed by atoms with Crippen molar-refractivity contribution in [1.82, 2.24) is 9.55 Å². The average molecular weight is 371 g/mol. The number of nitrogens with zero attached hydrogens (tertiary/aromatic N) is 3. The molecular formula is C19H19ClN4O2. The highest BCUT2D eigenvalue weighted by atomic mass is 35.5. The normalized spacial score (nSPS) is 9.88. The number of halogens is 1. The van der Waals surface area contributed by atoms with Crippen LogP contribution in [0, 0.1) is 11.3 Å². The van der Waals surface area contributed by atoms with Gasteiger partial charge in [0, 0.05) is 11.8 Å². The van der Waals surface area contributed by atoms with Gasteiger partial charge in [-0.2, -0.15) is 5.26 Å². The first-order valence-electron chi connectivity index (χ1n) is 7.69. The van der Waals surface area contributed by atoms with Gasteiger partial charge in [0.25, 0.3) is 0 Å². The zero-order valence-corrected chi connectivity index (χ0v) is 15.3. The first-order valence-corrected chi connectivity index (χ1v) is 7.69. The van der Waals surface area contributed by atoms with Crippen LogP contribution in [0.2, 0.25) is 0 Å². The van der Waals surface area contributed by atoms with Gasteiger partial charge in [0.15, 0.2) is 0 Å². The minimum Gasteiger partial charge on any atom is -0.496 e. The van der Waals surface area contributed by atoms with E-state index in [2.05, 4.69) is 11.1 Å². The number of methoxy groups -OCH3 is 2. The molecular weight excluding hydrogens is 352 g/mol. The molecule has 0 saturated carbocycles. The molecule has 26 heavy (non-hydrogen) atoms. The maximum atomic E-state index is 8.90. The molecule has 0 fully saturated rings. The van der Waals surface area contributed by atoms with Crippen molar-refractivity contribution in [3.05, 3.63) is 59.8 Å². The molecule has 0 aliphatic carbocycles. The number of anilines is 1. The number of aromatic nitrogens is 2. The van der Waals surface area contributed by atoms with Crippen molar-refractivity contribution in [2.75, 3.05) is 20.0 Å². The number of ether oxygens (including phenoxy) is 2. The van der Waals surface area contributed by atoms with E-state index in [1.54, 1.807) is 26.4 Å². The van der Waals surface area contributed by atoms with Crippen LogP contribution in [0.4, 0.5) is 5.95 Å². The van der Waals surface area contributed by atoms with Crippen LogP contribution in [0.3, 0.4) is 0 Å². The Hall–Kier alpha value is -3.17. The van der Waals surface area contributed by atoms with Gasteiger partial charge in [0.2, 0.25) is 5.95 Å². The maximum absolute atomic E-state index is 8.90. The van der Waals surface area contributed by atoms with E-state index in [-0.39, 0.29) is 12.4 Å². The van der Waals surface area contributed by atoms with Gasteiger partial charge in [-0.1, -0.05) is 18.2 Å². The molecule has 0 amide bonds. The van der Waals surface area contributed by atoms with E-state index in [4.69, 9.17) is 20.5 Å². The lowest BCUT2D eigenvalue weighted by atomic mass is 10.1. The molecule has 0 atom stereocenters.